The maximum absolute atomic E-state index is 12.3. The number of carbonyl (C=O) groups excluding carboxylic acids is 2. The van der Waals surface area contributed by atoms with Crippen LogP contribution in [0.3, 0.4) is 0 Å². The monoisotopic (exact) mass is 349 g/mol. The zero-order chi connectivity index (χ0) is 18.9. The van der Waals surface area contributed by atoms with Crippen molar-refractivity contribution in [1.82, 2.24) is 5.32 Å². The molecule has 0 saturated carbocycles. The molecule has 0 bridgehead atoms. The van der Waals surface area contributed by atoms with Crippen LogP contribution < -0.4 is 15.4 Å². The quantitative estimate of drug-likeness (QED) is 0.619. The van der Waals surface area contributed by atoms with Gasteiger partial charge in [0.25, 0.3) is 11.8 Å². The third kappa shape index (κ3) is 4.95. The number of nitrogens with zero attached hydrogens (tertiary/aromatic N) is 1. The van der Waals surface area contributed by atoms with E-state index >= 15 is 0 Å². The number of carbonyl (C=O) groups is 2. The Morgan fingerprint density at radius 2 is 1.77 bits per heavy atom. The Labute approximate surface area is 152 Å². The first kappa shape index (κ1) is 18.7. The van der Waals surface area contributed by atoms with Crippen LogP contribution in [-0.2, 0) is 4.79 Å². The molecule has 0 aromatic heterocycles. The highest BCUT2D eigenvalue weighted by atomic mass is 16.5. The van der Waals surface area contributed by atoms with Crippen molar-refractivity contribution in [2.24, 2.45) is 0 Å². The summed E-state index contributed by atoms with van der Waals surface area (Å²) < 4.78 is 5.34. The highest BCUT2D eigenvalue weighted by Gasteiger charge is 2.10. The van der Waals surface area contributed by atoms with Crippen LogP contribution in [0, 0.1) is 11.3 Å². The van der Waals surface area contributed by atoms with Crippen molar-refractivity contribution in [2.75, 3.05) is 19.0 Å². The van der Waals surface area contributed by atoms with Crippen LogP contribution in [0.15, 0.2) is 54.1 Å². The van der Waals surface area contributed by atoms with Gasteiger partial charge in [0.1, 0.15) is 17.4 Å². The fraction of sp³-hybridized carbons (Fsp3) is 0.150. The van der Waals surface area contributed by atoms with E-state index in [-0.39, 0.29) is 11.5 Å². The van der Waals surface area contributed by atoms with E-state index in [1.54, 1.807) is 55.6 Å². The molecule has 132 valence electrons. The van der Waals surface area contributed by atoms with Crippen LogP contribution in [0.1, 0.15) is 22.8 Å². The van der Waals surface area contributed by atoms with Crippen LogP contribution in [-0.4, -0.2) is 25.5 Å². The highest BCUT2D eigenvalue weighted by molar-refractivity contribution is 6.09. The average molecular weight is 349 g/mol. The number of rotatable bonds is 6. The number of ether oxygens (including phenoxy) is 1. The van der Waals surface area contributed by atoms with Crippen molar-refractivity contribution in [3.63, 3.8) is 0 Å². The van der Waals surface area contributed by atoms with E-state index in [0.717, 1.165) is 0 Å². The first-order valence-corrected chi connectivity index (χ1v) is 8.05. The van der Waals surface area contributed by atoms with E-state index in [1.165, 1.54) is 6.08 Å². The molecule has 0 aliphatic rings. The van der Waals surface area contributed by atoms with Gasteiger partial charge in [0, 0.05) is 18.3 Å². The van der Waals surface area contributed by atoms with Gasteiger partial charge >= 0.3 is 0 Å². The lowest BCUT2D eigenvalue weighted by Gasteiger charge is -2.07. The van der Waals surface area contributed by atoms with Gasteiger partial charge in [-0.3, -0.25) is 9.59 Å². The summed E-state index contributed by atoms with van der Waals surface area (Å²) in [5, 5.41) is 14.5. The fourth-order valence-corrected chi connectivity index (χ4v) is 2.19. The molecule has 0 radical (unpaired) electrons. The second-order valence-corrected chi connectivity index (χ2v) is 5.28. The zero-order valence-electron chi connectivity index (χ0n) is 14.6. The number of hydrogen-bond donors (Lipinski definition) is 2. The van der Waals surface area contributed by atoms with E-state index in [0.29, 0.717) is 29.2 Å². The predicted molar refractivity (Wildman–Crippen MR) is 99.7 cm³/mol. The molecule has 2 rings (SSSR count). The average Bonchev–Trinajstić information content (AvgIpc) is 2.67. The first-order valence-electron chi connectivity index (χ1n) is 8.05. The van der Waals surface area contributed by atoms with Gasteiger partial charge in [-0.15, -0.1) is 0 Å². The van der Waals surface area contributed by atoms with Gasteiger partial charge in [0.15, 0.2) is 0 Å². The summed E-state index contributed by atoms with van der Waals surface area (Å²) in [6.45, 7) is 2.45. The van der Waals surface area contributed by atoms with Gasteiger partial charge in [0.05, 0.1) is 6.61 Å². The Morgan fingerprint density at radius 1 is 1.12 bits per heavy atom. The maximum atomic E-state index is 12.3. The highest BCUT2D eigenvalue weighted by Crippen LogP contribution is 2.17. The molecule has 2 N–H and O–H groups in total. The van der Waals surface area contributed by atoms with Crippen LogP contribution in [0.4, 0.5) is 5.69 Å². The minimum atomic E-state index is -0.507. The Balaban J connectivity index is 2.11. The summed E-state index contributed by atoms with van der Waals surface area (Å²) in [5.74, 6) is -0.000861. The number of nitrogens with one attached hydrogen (secondary N) is 2. The normalized spacial score (nSPS) is 10.6. The van der Waals surface area contributed by atoms with Crippen LogP contribution >= 0.6 is 0 Å². The molecular formula is C20H19N3O3. The van der Waals surface area contributed by atoms with Crippen LogP contribution in [0.25, 0.3) is 6.08 Å². The van der Waals surface area contributed by atoms with E-state index in [4.69, 9.17) is 4.74 Å². The third-order valence-electron chi connectivity index (χ3n) is 3.50. The van der Waals surface area contributed by atoms with E-state index < -0.39 is 5.91 Å². The van der Waals surface area contributed by atoms with Crippen molar-refractivity contribution in [1.29, 1.82) is 5.26 Å². The van der Waals surface area contributed by atoms with Crippen molar-refractivity contribution < 1.29 is 14.3 Å². The molecule has 0 atom stereocenters. The maximum Gasteiger partial charge on any atom is 0.266 e. The van der Waals surface area contributed by atoms with E-state index in [2.05, 4.69) is 10.6 Å². The van der Waals surface area contributed by atoms with Crippen molar-refractivity contribution in [2.45, 2.75) is 6.92 Å². The molecule has 0 fully saturated rings. The summed E-state index contributed by atoms with van der Waals surface area (Å²) in [7, 11) is 1.55. The molecule has 26 heavy (non-hydrogen) atoms. The van der Waals surface area contributed by atoms with Crippen LogP contribution in [0.2, 0.25) is 0 Å². The predicted octanol–water partition coefficient (Wildman–Crippen LogP) is 2.99. The van der Waals surface area contributed by atoms with Gasteiger partial charge < -0.3 is 15.4 Å². The number of benzene rings is 2. The zero-order valence-corrected chi connectivity index (χ0v) is 14.6. The van der Waals surface area contributed by atoms with Gasteiger partial charge in [-0.25, -0.2) is 0 Å². The molecule has 0 aliphatic carbocycles. The molecule has 0 saturated heterocycles. The summed E-state index contributed by atoms with van der Waals surface area (Å²) >= 11 is 0. The lowest BCUT2D eigenvalue weighted by molar-refractivity contribution is -0.112. The lowest BCUT2D eigenvalue weighted by atomic mass is 10.1. The molecule has 0 aliphatic heterocycles. The first-order chi connectivity index (χ1) is 12.6. The molecule has 2 aromatic carbocycles. The second-order valence-electron chi connectivity index (χ2n) is 5.28. The van der Waals surface area contributed by atoms with Crippen LogP contribution in [0.5, 0.6) is 5.75 Å². The summed E-state index contributed by atoms with van der Waals surface area (Å²) in [6, 6.07) is 15.4. The van der Waals surface area contributed by atoms with Gasteiger partial charge in [-0.05, 0) is 55.0 Å². The van der Waals surface area contributed by atoms with Gasteiger partial charge in [-0.2, -0.15) is 5.26 Å². The number of amides is 2. The number of nitriles is 1. The number of anilines is 1. The lowest BCUT2D eigenvalue weighted by Crippen LogP contribution is -2.17. The Morgan fingerprint density at radius 3 is 2.31 bits per heavy atom. The van der Waals surface area contributed by atoms with Crippen molar-refractivity contribution in [3.8, 4) is 11.8 Å². The van der Waals surface area contributed by atoms with Gasteiger partial charge in [0.2, 0.25) is 0 Å². The summed E-state index contributed by atoms with van der Waals surface area (Å²) in [5.41, 5.74) is 1.68. The second kappa shape index (κ2) is 9.04. The molecule has 6 heteroatoms. The molecular weight excluding hydrogens is 330 g/mol. The standard InChI is InChI=1S/C20H19N3O3/c1-3-26-18-10-8-17(9-11-18)23-20(25)16(13-21)12-14-4-6-15(7-5-14)19(24)22-2/h4-12H,3H2,1-2H3,(H,22,24)(H,23,25). The molecule has 0 unspecified atom stereocenters. The van der Waals surface area contributed by atoms with Gasteiger partial charge in [-0.1, -0.05) is 12.1 Å². The molecule has 6 nitrogen and oxygen atoms in total. The molecule has 0 spiro atoms. The minimum absolute atomic E-state index is 0.0356. The van der Waals surface area contributed by atoms with Crippen molar-refractivity contribution in [3.05, 3.63) is 65.2 Å². The van der Waals surface area contributed by atoms with Crippen molar-refractivity contribution >= 4 is 23.6 Å². The topological polar surface area (TPSA) is 91.2 Å². The number of hydrogen-bond acceptors (Lipinski definition) is 4. The largest absolute Gasteiger partial charge is 0.494 e. The molecule has 0 heterocycles. The fourth-order valence-electron chi connectivity index (χ4n) is 2.19. The van der Waals surface area contributed by atoms with E-state index in [1.807, 2.05) is 13.0 Å². The molecule has 2 amide bonds. The molecule has 2 aromatic rings. The Hall–Kier alpha value is -3.59. The Kier molecular flexibility index (Phi) is 6.52. The minimum Gasteiger partial charge on any atom is -0.494 e. The summed E-state index contributed by atoms with van der Waals surface area (Å²) in [6.07, 6.45) is 1.47. The smallest absolute Gasteiger partial charge is 0.266 e. The Bertz CT molecular complexity index is 847. The third-order valence-corrected chi connectivity index (χ3v) is 3.50. The summed E-state index contributed by atoms with van der Waals surface area (Å²) in [4.78, 5) is 23.8. The SMILES string of the molecule is CCOc1ccc(NC(=O)C(C#N)=Cc2ccc(C(=O)NC)cc2)cc1. The van der Waals surface area contributed by atoms with E-state index in [9.17, 15) is 14.9 Å².